The van der Waals surface area contributed by atoms with Crippen LogP contribution >= 0.6 is 0 Å². The zero-order valence-electron chi connectivity index (χ0n) is 10.8. The molecule has 1 heterocycles. The topological polar surface area (TPSA) is 100 Å². The third kappa shape index (κ3) is 3.97. The summed E-state index contributed by atoms with van der Waals surface area (Å²) in [6, 6.07) is 0.596. The molecule has 0 fully saturated rings. The summed E-state index contributed by atoms with van der Waals surface area (Å²) in [7, 11) is -3.84. The molecule has 0 amide bonds. The van der Waals surface area contributed by atoms with E-state index in [9.17, 15) is 12.8 Å². The number of pyridine rings is 1. The molecule has 1 aromatic rings. The summed E-state index contributed by atoms with van der Waals surface area (Å²) in [4.78, 5) is 3.34. The van der Waals surface area contributed by atoms with E-state index < -0.39 is 15.8 Å². The highest BCUT2D eigenvalue weighted by atomic mass is 32.2. The van der Waals surface area contributed by atoms with Crippen LogP contribution in [0.1, 0.15) is 20.3 Å². The molecule has 0 aliphatic rings. The van der Waals surface area contributed by atoms with Crippen molar-refractivity contribution in [3.05, 3.63) is 24.3 Å². The first-order chi connectivity index (χ1) is 8.75. The summed E-state index contributed by atoms with van der Waals surface area (Å²) in [6.07, 6.45) is 2.16. The van der Waals surface area contributed by atoms with Crippen molar-refractivity contribution in [3.63, 3.8) is 0 Å². The molecular formula is C11H17FN4O2S. The van der Waals surface area contributed by atoms with E-state index in [0.717, 1.165) is 18.5 Å². The van der Waals surface area contributed by atoms with Crippen molar-refractivity contribution in [1.82, 2.24) is 9.29 Å². The molecule has 19 heavy (non-hydrogen) atoms. The fourth-order valence-corrected chi connectivity index (χ4v) is 3.17. The van der Waals surface area contributed by atoms with Crippen LogP contribution in [0.3, 0.4) is 0 Å². The minimum absolute atomic E-state index is 0.0752. The van der Waals surface area contributed by atoms with Crippen molar-refractivity contribution >= 4 is 15.9 Å². The smallest absolute Gasteiger partial charge is 0.244 e. The van der Waals surface area contributed by atoms with Crippen LogP contribution in [0, 0.1) is 11.2 Å². The Morgan fingerprint density at radius 2 is 2.16 bits per heavy atom. The fraction of sp³-hybridized carbons (Fsp3) is 0.455. The van der Waals surface area contributed by atoms with Crippen molar-refractivity contribution < 1.29 is 12.8 Å². The van der Waals surface area contributed by atoms with Crippen LogP contribution in [0.25, 0.3) is 0 Å². The highest BCUT2D eigenvalue weighted by Crippen LogP contribution is 2.18. The molecule has 0 atom stereocenters. The zero-order chi connectivity index (χ0) is 14.6. The highest BCUT2D eigenvalue weighted by Gasteiger charge is 2.27. The predicted molar refractivity (Wildman–Crippen MR) is 69.8 cm³/mol. The molecule has 3 N–H and O–H groups in total. The van der Waals surface area contributed by atoms with E-state index in [-0.39, 0.29) is 29.7 Å². The summed E-state index contributed by atoms with van der Waals surface area (Å²) in [5.74, 6) is -0.811. The van der Waals surface area contributed by atoms with E-state index in [0.29, 0.717) is 0 Å². The van der Waals surface area contributed by atoms with E-state index >= 15 is 0 Å². The lowest BCUT2D eigenvalue weighted by atomic mass is 10.3. The number of nitrogens with one attached hydrogen (secondary N) is 1. The first kappa shape index (κ1) is 15.5. The SMILES string of the molecule is CC(C)N(CCC(=N)N)S(=O)(=O)c1cncc(F)c1. The van der Waals surface area contributed by atoms with Gasteiger partial charge in [0.25, 0.3) is 0 Å². The molecule has 0 bridgehead atoms. The molecule has 8 heteroatoms. The van der Waals surface area contributed by atoms with Crippen LogP contribution in [-0.2, 0) is 10.0 Å². The summed E-state index contributed by atoms with van der Waals surface area (Å²) >= 11 is 0. The monoisotopic (exact) mass is 288 g/mol. The second-order valence-electron chi connectivity index (χ2n) is 4.32. The Labute approximate surface area is 112 Å². The van der Waals surface area contributed by atoms with Gasteiger partial charge in [-0.2, -0.15) is 4.31 Å². The van der Waals surface area contributed by atoms with Gasteiger partial charge in [0, 0.05) is 25.2 Å². The summed E-state index contributed by atoms with van der Waals surface area (Å²) in [6.45, 7) is 3.47. The average molecular weight is 288 g/mol. The number of aromatic nitrogens is 1. The van der Waals surface area contributed by atoms with E-state index in [4.69, 9.17) is 11.1 Å². The third-order valence-electron chi connectivity index (χ3n) is 2.46. The van der Waals surface area contributed by atoms with E-state index in [1.807, 2.05) is 0 Å². The van der Waals surface area contributed by atoms with Crippen LogP contribution in [0.2, 0.25) is 0 Å². The number of hydrogen-bond acceptors (Lipinski definition) is 4. The van der Waals surface area contributed by atoms with Gasteiger partial charge in [0.05, 0.1) is 12.0 Å². The summed E-state index contributed by atoms with van der Waals surface area (Å²) in [5, 5.41) is 7.16. The van der Waals surface area contributed by atoms with Gasteiger partial charge in [0.2, 0.25) is 10.0 Å². The minimum Gasteiger partial charge on any atom is -0.388 e. The van der Waals surface area contributed by atoms with Gasteiger partial charge in [-0.3, -0.25) is 10.4 Å². The van der Waals surface area contributed by atoms with Gasteiger partial charge in [-0.1, -0.05) is 0 Å². The van der Waals surface area contributed by atoms with Crippen LogP contribution in [0.15, 0.2) is 23.4 Å². The van der Waals surface area contributed by atoms with Gasteiger partial charge in [0.1, 0.15) is 10.7 Å². The Bertz CT molecular complexity index is 560. The zero-order valence-corrected chi connectivity index (χ0v) is 11.6. The third-order valence-corrected chi connectivity index (χ3v) is 4.50. The Hall–Kier alpha value is -1.54. The number of halogens is 1. The predicted octanol–water partition coefficient (Wildman–Crippen LogP) is 0.946. The van der Waals surface area contributed by atoms with Crippen molar-refractivity contribution in [2.45, 2.75) is 31.2 Å². The second-order valence-corrected chi connectivity index (χ2v) is 6.21. The van der Waals surface area contributed by atoms with Gasteiger partial charge in [-0.05, 0) is 19.9 Å². The number of amidine groups is 1. The number of rotatable bonds is 6. The average Bonchev–Trinajstić information content (AvgIpc) is 2.27. The molecule has 0 unspecified atom stereocenters. The van der Waals surface area contributed by atoms with Gasteiger partial charge < -0.3 is 5.73 Å². The van der Waals surface area contributed by atoms with Crippen LogP contribution < -0.4 is 5.73 Å². The van der Waals surface area contributed by atoms with Gasteiger partial charge in [-0.15, -0.1) is 0 Å². The molecule has 0 saturated carbocycles. The molecule has 106 valence electrons. The maximum absolute atomic E-state index is 13.1. The Morgan fingerprint density at radius 3 is 2.63 bits per heavy atom. The van der Waals surface area contributed by atoms with Gasteiger partial charge >= 0.3 is 0 Å². The van der Waals surface area contributed by atoms with Gasteiger partial charge in [-0.25, -0.2) is 12.8 Å². The van der Waals surface area contributed by atoms with Crippen molar-refractivity contribution in [1.29, 1.82) is 5.41 Å². The quantitative estimate of drug-likeness (QED) is 0.601. The summed E-state index contributed by atoms with van der Waals surface area (Å²) in [5.41, 5.74) is 5.24. The first-order valence-corrected chi connectivity index (χ1v) is 7.14. The maximum Gasteiger partial charge on any atom is 0.244 e. The molecule has 6 nitrogen and oxygen atoms in total. The van der Waals surface area contributed by atoms with Crippen molar-refractivity contribution in [3.8, 4) is 0 Å². The molecule has 1 aromatic heterocycles. The molecule has 0 spiro atoms. The van der Waals surface area contributed by atoms with E-state index in [1.54, 1.807) is 13.8 Å². The lowest BCUT2D eigenvalue weighted by Gasteiger charge is -2.25. The molecular weight excluding hydrogens is 271 g/mol. The Balaban J connectivity index is 3.09. The normalized spacial score (nSPS) is 12.1. The number of hydrogen-bond donors (Lipinski definition) is 2. The number of nitrogens with zero attached hydrogens (tertiary/aromatic N) is 2. The Morgan fingerprint density at radius 1 is 1.53 bits per heavy atom. The van der Waals surface area contributed by atoms with Crippen LogP contribution in [-0.4, -0.2) is 36.1 Å². The Kier molecular flexibility index (Phi) is 4.96. The van der Waals surface area contributed by atoms with Crippen molar-refractivity contribution in [2.75, 3.05) is 6.54 Å². The first-order valence-electron chi connectivity index (χ1n) is 5.70. The molecule has 0 aliphatic heterocycles. The second kappa shape index (κ2) is 6.07. The highest BCUT2D eigenvalue weighted by molar-refractivity contribution is 7.89. The molecule has 0 aliphatic carbocycles. The fourth-order valence-electron chi connectivity index (χ4n) is 1.56. The standard InChI is InChI=1S/C11H17FN4O2S/c1-8(2)16(4-3-11(13)14)19(17,18)10-5-9(12)6-15-7-10/h5-8H,3-4H2,1-2H3,(H3,13,14). The molecule has 0 radical (unpaired) electrons. The maximum atomic E-state index is 13.1. The number of sulfonamides is 1. The number of nitrogens with two attached hydrogens (primary N) is 1. The minimum atomic E-state index is -3.84. The van der Waals surface area contributed by atoms with Crippen LogP contribution in [0.4, 0.5) is 4.39 Å². The summed E-state index contributed by atoms with van der Waals surface area (Å²) < 4.78 is 38.9. The van der Waals surface area contributed by atoms with Crippen molar-refractivity contribution in [2.24, 2.45) is 5.73 Å². The van der Waals surface area contributed by atoms with E-state index in [2.05, 4.69) is 4.98 Å². The molecule has 0 aromatic carbocycles. The largest absolute Gasteiger partial charge is 0.388 e. The lowest BCUT2D eigenvalue weighted by Crippen LogP contribution is -2.39. The lowest BCUT2D eigenvalue weighted by molar-refractivity contribution is 0.361. The van der Waals surface area contributed by atoms with Gasteiger partial charge in [0.15, 0.2) is 0 Å². The molecule has 1 rings (SSSR count). The van der Waals surface area contributed by atoms with Crippen LogP contribution in [0.5, 0.6) is 0 Å². The molecule has 0 saturated heterocycles. The van der Waals surface area contributed by atoms with E-state index in [1.165, 1.54) is 4.31 Å².